The number of nitrogens with zero attached hydrogens (tertiary/aromatic N) is 4. The van der Waals surface area contributed by atoms with Gasteiger partial charge in [-0.25, -0.2) is 14.5 Å². The molecule has 6 nitrogen and oxygen atoms in total. The third kappa shape index (κ3) is 2.98. The van der Waals surface area contributed by atoms with E-state index in [2.05, 4.69) is 22.2 Å². The topological polar surface area (TPSA) is 69.9 Å². The molecule has 2 aromatic rings. The van der Waals surface area contributed by atoms with Crippen LogP contribution in [-0.4, -0.2) is 32.6 Å². The van der Waals surface area contributed by atoms with Crippen molar-refractivity contribution in [2.75, 3.05) is 6.61 Å². The number of esters is 1. The van der Waals surface area contributed by atoms with Crippen molar-refractivity contribution in [1.29, 1.82) is 0 Å². The summed E-state index contributed by atoms with van der Waals surface area (Å²) in [6.07, 6.45) is 0.926. The predicted octanol–water partition coefficient (Wildman–Crippen LogP) is 1.83. The van der Waals surface area contributed by atoms with Crippen molar-refractivity contribution in [3.63, 3.8) is 0 Å². The van der Waals surface area contributed by atoms with Crippen LogP contribution in [-0.2, 0) is 17.7 Å². The number of carbonyl (C=O) groups is 1. The largest absolute Gasteiger partial charge is 0.461 e. The molecule has 2 rings (SSSR count). The second-order valence-electron chi connectivity index (χ2n) is 3.99. The number of carbonyl (C=O) groups excluding carboxylic acids is 1. The minimum atomic E-state index is -0.432. The minimum absolute atomic E-state index is 0.271. The van der Waals surface area contributed by atoms with Crippen LogP contribution in [0.3, 0.4) is 0 Å². The van der Waals surface area contributed by atoms with Crippen LogP contribution < -0.4 is 0 Å². The standard InChI is InChI=1S/C12H16N4O2S/c1-4-10-13-9(7-19-10)6-16-8(3)11(14-15-16)12(17)18-5-2/h7H,4-6H2,1-3H3. The van der Waals surface area contributed by atoms with E-state index in [-0.39, 0.29) is 5.69 Å². The van der Waals surface area contributed by atoms with Gasteiger partial charge in [0, 0.05) is 5.38 Å². The Morgan fingerprint density at radius 1 is 1.47 bits per heavy atom. The molecule has 0 saturated heterocycles. The maximum absolute atomic E-state index is 11.6. The van der Waals surface area contributed by atoms with E-state index in [1.165, 1.54) is 0 Å². The molecule has 0 atom stereocenters. The van der Waals surface area contributed by atoms with Gasteiger partial charge in [-0.15, -0.1) is 16.4 Å². The lowest BCUT2D eigenvalue weighted by atomic mass is 10.3. The van der Waals surface area contributed by atoms with Crippen LogP contribution in [0.4, 0.5) is 0 Å². The predicted molar refractivity (Wildman–Crippen MR) is 71.3 cm³/mol. The fraction of sp³-hybridized carbons (Fsp3) is 0.500. The molecule has 102 valence electrons. The fourth-order valence-electron chi connectivity index (χ4n) is 1.64. The van der Waals surface area contributed by atoms with Crippen molar-refractivity contribution in [1.82, 2.24) is 20.0 Å². The van der Waals surface area contributed by atoms with E-state index in [0.29, 0.717) is 18.8 Å². The van der Waals surface area contributed by atoms with Gasteiger partial charge in [-0.1, -0.05) is 12.1 Å². The molecule has 0 fully saturated rings. The monoisotopic (exact) mass is 280 g/mol. The van der Waals surface area contributed by atoms with E-state index in [9.17, 15) is 4.79 Å². The van der Waals surface area contributed by atoms with Crippen molar-refractivity contribution in [3.05, 3.63) is 27.5 Å². The summed E-state index contributed by atoms with van der Waals surface area (Å²) in [5.74, 6) is -0.432. The molecule has 0 amide bonds. The summed E-state index contributed by atoms with van der Waals surface area (Å²) in [5, 5.41) is 11.0. The Bertz CT molecular complexity index is 576. The lowest BCUT2D eigenvalue weighted by Gasteiger charge is -2.01. The Kier molecular flexibility index (Phi) is 4.26. The Morgan fingerprint density at radius 3 is 2.89 bits per heavy atom. The first-order valence-corrected chi connectivity index (χ1v) is 7.04. The molecule has 7 heteroatoms. The maximum atomic E-state index is 11.6. The fourth-order valence-corrected chi connectivity index (χ4v) is 2.37. The van der Waals surface area contributed by atoms with Crippen LogP contribution >= 0.6 is 11.3 Å². The van der Waals surface area contributed by atoms with Crippen LogP contribution in [0.15, 0.2) is 5.38 Å². The van der Waals surface area contributed by atoms with Crippen LogP contribution in [0.5, 0.6) is 0 Å². The number of aromatic nitrogens is 4. The summed E-state index contributed by atoms with van der Waals surface area (Å²) in [6.45, 7) is 6.49. The molecule has 0 aromatic carbocycles. The highest BCUT2D eigenvalue weighted by Gasteiger charge is 2.17. The zero-order chi connectivity index (χ0) is 13.8. The lowest BCUT2D eigenvalue weighted by Crippen LogP contribution is -2.09. The van der Waals surface area contributed by atoms with E-state index >= 15 is 0 Å². The SMILES string of the molecule is CCOC(=O)c1nnn(Cc2csc(CC)n2)c1C. The third-order valence-electron chi connectivity index (χ3n) is 2.66. The first kappa shape index (κ1) is 13.7. The number of ether oxygens (including phenoxy) is 1. The van der Waals surface area contributed by atoms with E-state index in [4.69, 9.17) is 4.74 Å². The van der Waals surface area contributed by atoms with E-state index in [1.54, 1.807) is 29.9 Å². The first-order valence-electron chi connectivity index (χ1n) is 6.16. The van der Waals surface area contributed by atoms with Gasteiger partial charge in [0.2, 0.25) is 0 Å². The molecule has 2 heterocycles. The molecule has 0 aliphatic carbocycles. The highest BCUT2D eigenvalue weighted by atomic mass is 32.1. The Labute approximate surface area is 115 Å². The second kappa shape index (κ2) is 5.92. The molecule has 2 aromatic heterocycles. The van der Waals surface area contributed by atoms with Crippen LogP contribution in [0.25, 0.3) is 0 Å². The van der Waals surface area contributed by atoms with Gasteiger partial charge in [-0.2, -0.15) is 0 Å². The highest BCUT2D eigenvalue weighted by molar-refractivity contribution is 7.09. The summed E-state index contributed by atoms with van der Waals surface area (Å²) in [5.41, 5.74) is 1.91. The van der Waals surface area contributed by atoms with Crippen molar-refractivity contribution in [2.24, 2.45) is 0 Å². The summed E-state index contributed by atoms with van der Waals surface area (Å²) in [7, 11) is 0. The van der Waals surface area contributed by atoms with Gasteiger partial charge >= 0.3 is 5.97 Å². The average molecular weight is 280 g/mol. The van der Waals surface area contributed by atoms with Crippen molar-refractivity contribution in [2.45, 2.75) is 33.7 Å². The van der Waals surface area contributed by atoms with Gasteiger partial charge < -0.3 is 4.74 Å². The molecular weight excluding hydrogens is 264 g/mol. The second-order valence-corrected chi connectivity index (χ2v) is 4.93. The summed E-state index contributed by atoms with van der Waals surface area (Å²) >= 11 is 1.63. The van der Waals surface area contributed by atoms with Crippen molar-refractivity contribution >= 4 is 17.3 Å². The smallest absolute Gasteiger partial charge is 0.360 e. The molecule has 0 bridgehead atoms. The average Bonchev–Trinajstić information content (AvgIpc) is 2.98. The number of hydrogen-bond acceptors (Lipinski definition) is 6. The zero-order valence-electron chi connectivity index (χ0n) is 11.2. The van der Waals surface area contributed by atoms with E-state index in [1.807, 2.05) is 5.38 Å². The normalized spacial score (nSPS) is 10.7. The molecule has 0 saturated carbocycles. The summed E-state index contributed by atoms with van der Waals surface area (Å²) < 4.78 is 6.59. The quantitative estimate of drug-likeness (QED) is 0.781. The molecule has 19 heavy (non-hydrogen) atoms. The van der Waals surface area contributed by atoms with E-state index < -0.39 is 5.97 Å². The van der Waals surface area contributed by atoms with Gasteiger partial charge in [-0.3, -0.25) is 0 Å². The van der Waals surface area contributed by atoms with Crippen molar-refractivity contribution < 1.29 is 9.53 Å². The van der Waals surface area contributed by atoms with Crippen molar-refractivity contribution in [3.8, 4) is 0 Å². The summed E-state index contributed by atoms with van der Waals surface area (Å²) in [4.78, 5) is 16.1. The van der Waals surface area contributed by atoms with Gasteiger partial charge in [0.15, 0.2) is 5.69 Å². The highest BCUT2D eigenvalue weighted by Crippen LogP contribution is 2.13. The Hall–Kier alpha value is -1.76. The summed E-state index contributed by atoms with van der Waals surface area (Å²) in [6, 6.07) is 0. The maximum Gasteiger partial charge on any atom is 0.360 e. The number of hydrogen-bond donors (Lipinski definition) is 0. The molecule has 0 spiro atoms. The van der Waals surface area contributed by atoms with Gasteiger partial charge in [0.25, 0.3) is 0 Å². The molecular formula is C12H16N4O2S. The van der Waals surface area contributed by atoms with E-state index in [0.717, 1.165) is 17.1 Å². The Balaban J connectivity index is 2.15. The van der Waals surface area contributed by atoms with Gasteiger partial charge in [0.1, 0.15) is 0 Å². The number of thiazole rings is 1. The molecule has 0 radical (unpaired) electrons. The molecule has 0 unspecified atom stereocenters. The lowest BCUT2D eigenvalue weighted by molar-refractivity contribution is 0.0518. The molecule has 0 N–H and O–H groups in total. The molecule has 0 aliphatic rings. The van der Waals surface area contributed by atoms with Gasteiger partial charge in [-0.05, 0) is 20.3 Å². The van der Waals surface area contributed by atoms with Gasteiger partial charge in [0.05, 0.1) is 29.5 Å². The van der Waals surface area contributed by atoms with Crippen LogP contribution in [0, 0.1) is 6.92 Å². The van der Waals surface area contributed by atoms with Crippen LogP contribution in [0.1, 0.15) is 40.7 Å². The third-order valence-corrected chi connectivity index (χ3v) is 3.71. The zero-order valence-corrected chi connectivity index (χ0v) is 12.0. The minimum Gasteiger partial charge on any atom is -0.461 e. The van der Waals surface area contributed by atoms with Crippen LogP contribution in [0.2, 0.25) is 0 Å². The molecule has 0 aliphatic heterocycles. The number of aryl methyl sites for hydroxylation is 1. The first-order chi connectivity index (χ1) is 9.15. The Morgan fingerprint density at radius 2 is 2.26 bits per heavy atom. The number of rotatable bonds is 5.